The molecule has 1 unspecified atom stereocenters. The summed E-state index contributed by atoms with van der Waals surface area (Å²) in [6, 6.07) is 3.26. The van der Waals surface area contributed by atoms with Crippen molar-refractivity contribution in [2.24, 2.45) is 0 Å². The minimum absolute atomic E-state index is 0.0424. The Bertz CT molecular complexity index is 767. The van der Waals surface area contributed by atoms with Gasteiger partial charge in [-0.25, -0.2) is 17.6 Å². The second kappa shape index (κ2) is 6.73. The summed E-state index contributed by atoms with van der Waals surface area (Å²) in [5.74, 6) is -2.54. The zero-order chi connectivity index (χ0) is 18.1. The Balaban J connectivity index is 2.26. The molecule has 24 heavy (non-hydrogen) atoms. The number of halogens is 1. The molecule has 2 rings (SSSR count). The molecular weight excluding hydrogens is 343 g/mol. The lowest BCUT2D eigenvalue weighted by Crippen LogP contribution is -2.51. The fraction of sp³-hybridized carbons (Fsp3) is 0.429. The number of ether oxygens (including phenoxy) is 1. The lowest BCUT2D eigenvalue weighted by atomic mass is 10.1. The van der Waals surface area contributed by atoms with Gasteiger partial charge in [0.1, 0.15) is 5.82 Å². The third kappa shape index (κ3) is 4.42. The van der Waals surface area contributed by atoms with Crippen LogP contribution >= 0.6 is 0 Å². The van der Waals surface area contributed by atoms with Crippen molar-refractivity contribution in [1.82, 2.24) is 4.90 Å². The zero-order valence-corrected chi connectivity index (χ0v) is 13.8. The molecule has 1 aromatic rings. The largest absolute Gasteiger partial charge is 0.479 e. The van der Waals surface area contributed by atoms with Crippen LogP contribution in [0.15, 0.2) is 18.2 Å². The number of nitrogens with one attached hydrogen (secondary N) is 1. The van der Waals surface area contributed by atoms with Crippen molar-refractivity contribution >= 4 is 27.6 Å². The summed E-state index contributed by atoms with van der Waals surface area (Å²) in [5, 5.41) is 9.05. The quantitative estimate of drug-likeness (QED) is 0.809. The van der Waals surface area contributed by atoms with Crippen LogP contribution in [-0.4, -0.2) is 61.9 Å². The van der Waals surface area contributed by atoms with E-state index >= 15 is 0 Å². The van der Waals surface area contributed by atoms with Crippen LogP contribution in [0, 0.1) is 5.82 Å². The summed E-state index contributed by atoms with van der Waals surface area (Å²) in [7, 11) is -3.71. The molecule has 2 atom stereocenters. The molecule has 132 valence electrons. The molecule has 1 heterocycles. The van der Waals surface area contributed by atoms with Gasteiger partial charge in [0.05, 0.1) is 24.6 Å². The molecule has 8 nitrogen and oxygen atoms in total. The van der Waals surface area contributed by atoms with Gasteiger partial charge in [-0.3, -0.25) is 9.52 Å². The summed E-state index contributed by atoms with van der Waals surface area (Å²) in [5.41, 5.74) is -0.305. The number of carboxylic acid groups (broad SMARTS) is 1. The van der Waals surface area contributed by atoms with E-state index in [2.05, 4.69) is 0 Å². The van der Waals surface area contributed by atoms with Crippen molar-refractivity contribution in [1.29, 1.82) is 0 Å². The highest BCUT2D eigenvalue weighted by Gasteiger charge is 2.33. The van der Waals surface area contributed by atoms with Gasteiger partial charge in [-0.05, 0) is 25.1 Å². The van der Waals surface area contributed by atoms with Gasteiger partial charge in [-0.15, -0.1) is 0 Å². The third-order valence-corrected chi connectivity index (χ3v) is 3.92. The summed E-state index contributed by atoms with van der Waals surface area (Å²) in [6.45, 7) is 1.66. The number of aliphatic carboxylic acids is 1. The van der Waals surface area contributed by atoms with E-state index in [1.807, 2.05) is 4.72 Å². The number of anilines is 1. The molecule has 1 aliphatic heterocycles. The third-order valence-electron chi connectivity index (χ3n) is 3.33. The average Bonchev–Trinajstić information content (AvgIpc) is 2.46. The van der Waals surface area contributed by atoms with Crippen LogP contribution in [0.2, 0.25) is 0 Å². The number of hydrogen-bond donors (Lipinski definition) is 2. The summed E-state index contributed by atoms with van der Waals surface area (Å²) >= 11 is 0. The summed E-state index contributed by atoms with van der Waals surface area (Å²) in [6.07, 6.45) is -0.758. The van der Waals surface area contributed by atoms with Crippen LogP contribution < -0.4 is 4.72 Å². The van der Waals surface area contributed by atoms with Gasteiger partial charge in [-0.2, -0.15) is 0 Å². The van der Waals surface area contributed by atoms with Crippen molar-refractivity contribution < 1.29 is 32.2 Å². The predicted octanol–water partition coefficient (Wildman–Crippen LogP) is 0.511. The van der Waals surface area contributed by atoms with Crippen molar-refractivity contribution in [2.75, 3.05) is 24.1 Å². The van der Waals surface area contributed by atoms with Crippen LogP contribution in [0.1, 0.15) is 17.3 Å². The first-order valence-electron chi connectivity index (χ1n) is 7.01. The Morgan fingerprint density at radius 3 is 2.62 bits per heavy atom. The van der Waals surface area contributed by atoms with Gasteiger partial charge in [0.2, 0.25) is 10.0 Å². The maximum Gasteiger partial charge on any atom is 0.334 e. The molecule has 0 aromatic heterocycles. The van der Waals surface area contributed by atoms with Crippen LogP contribution in [-0.2, 0) is 19.6 Å². The fourth-order valence-electron chi connectivity index (χ4n) is 2.37. The van der Waals surface area contributed by atoms with Gasteiger partial charge < -0.3 is 14.7 Å². The number of rotatable bonds is 4. The smallest absolute Gasteiger partial charge is 0.334 e. The first kappa shape index (κ1) is 18.1. The molecule has 1 aliphatic rings. The first-order valence-corrected chi connectivity index (χ1v) is 8.91. The van der Waals surface area contributed by atoms with E-state index in [-0.39, 0.29) is 24.3 Å². The van der Waals surface area contributed by atoms with Crippen LogP contribution in [0.4, 0.5) is 10.1 Å². The molecule has 2 N–H and O–H groups in total. The molecule has 0 saturated carbocycles. The van der Waals surface area contributed by atoms with E-state index in [9.17, 15) is 22.4 Å². The summed E-state index contributed by atoms with van der Waals surface area (Å²) in [4.78, 5) is 24.9. The van der Waals surface area contributed by atoms with Crippen LogP contribution in [0.3, 0.4) is 0 Å². The number of morpholine rings is 1. The zero-order valence-electron chi connectivity index (χ0n) is 13.0. The van der Waals surface area contributed by atoms with Gasteiger partial charge in [0.15, 0.2) is 6.10 Å². The fourth-order valence-corrected chi connectivity index (χ4v) is 2.93. The molecule has 0 bridgehead atoms. The Labute approximate surface area is 138 Å². The van der Waals surface area contributed by atoms with E-state index in [4.69, 9.17) is 9.84 Å². The number of amides is 1. The lowest BCUT2D eigenvalue weighted by Gasteiger charge is -2.35. The molecular formula is C14H17FN2O6S. The highest BCUT2D eigenvalue weighted by Crippen LogP contribution is 2.20. The van der Waals surface area contributed by atoms with Crippen LogP contribution in [0.25, 0.3) is 0 Å². The van der Waals surface area contributed by atoms with E-state index in [1.54, 1.807) is 6.92 Å². The predicted molar refractivity (Wildman–Crippen MR) is 82.7 cm³/mol. The maximum absolute atomic E-state index is 13.7. The molecule has 1 saturated heterocycles. The molecule has 1 fully saturated rings. The van der Waals surface area contributed by atoms with Crippen LogP contribution in [0.5, 0.6) is 0 Å². The Hall–Kier alpha value is -2.20. The number of hydrogen-bond acceptors (Lipinski definition) is 5. The van der Waals surface area contributed by atoms with Gasteiger partial charge in [0.25, 0.3) is 5.91 Å². The van der Waals surface area contributed by atoms with Gasteiger partial charge in [-0.1, -0.05) is 0 Å². The monoisotopic (exact) mass is 360 g/mol. The first-order chi connectivity index (χ1) is 11.1. The SMILES string of the molecule is C[C@@H]1CN(C(=O)c2ccc(F)c(NS(C)(=O)=O)c2)CC(C(=O)O)O1. The Kier molecular flexibility index (Phi) is 5.09. The lowest BCUT2D eigenvalue weighted by molar-refractivity contribution is -0.160. The topological polar surface area (TPSA) is 113 Å². The normalized spacial score (nSPS) is 21.4. The van der Waals surface area contributed by atoms with E-state index in [1.165, 1.54) is 11.0 Å². The second-order valence-corrected chi connectivity index (χ2v) is 7.30. The summed E-state index contributed by atoms with van der Waals surface area (Å²) < 4.78 is 43.4. The number of benzene rings is 1. The maximum atomic E-state index is 13.7. The molecule has 0 radical (unpaired) electrons. The van der Waals surface area contributed by atoms with E-state index < -0.39 is 39.9 Å². The molecule has 10 heteroatoms. The molecule has 0 aliphatic carbocycles. The highest BCUT2D eigenvalue weighted by molar-refractivity contribution is 7.92. The van der Waals surface area contributed by atoms with Gasteiger partial charge in [0, 0.05) is 12.1 Å². The Morgan fingerprint density at radius 2 is 2.04 bits per heavy atom. The number of carbonyl (C=O) groups excluding carboxylic acids is 1. The minimum Gasteiger partial charge on any atom is -0.479 e. The number of sulfonamides is 1. The van der Waals surface area contributed by atoms with Crippen molar-refractivity contribution in [3.8, 4) is 0 Å². The molecule has 1 aromatic carbocycles. The van der Waals surface area contributed by atoms with E-state index in [0.29, 0.717) is 0 Å². The molecule has 1 amide bonds. The Morgan fingerprint density at radius 1 is 1.38 bits per heavy atom. The number of carboxylic acids is 1. The van der Waals surface area contributed by atoms with E-state index in [0.717, 1.165) is 18.4 Å². The standard InChI is InChI=1S/C14H17FN2O6S/c1-8-6-17(7-12(23-8)14(19)20)13(18)9-3-4-10(15)11(5-9)16-24(2,21)22/h3-5,8,12,16H,6-7H2,1-2H3,(H,19,20)/t8-,12?/m1/s1. The average molecular weight is 360 g/mol. The minimum atomic E-state index is -3.71. The molecule has 0 spiro atoms. The second-order valence-electron chi connectivity index (χ2n) is 5.55. The van der Waals surface area contributed by atoms with Crippen molar-refractivity contribution in [2.45, 2.75) is 19.1 Å². The van der Waals surface area contributed by atoms with Gasteiger partial charge >= 0.3 is 5.97 Å². The number of nitrogens with zero attached hydrogens (tertiary/aromatic N) is 1. The van der Waals surface area contributed by atoms with Crippen molar-refractivity contribution in [3.05, 3.63) is 29.6 Å². The van der Waals surface area contributed by atoms with Crippen molar-refractivity contribution in [3.63, 3.8) is 0 Å². The highest BCUT2D eigenvalue weighted by atomic mass is 32.2. The number of carbonyl (C=O) groups is 2.